The number of amides is 1. The summed E-state index contributed by atoms with van der Waals surface area (Å²) in [5, 5.41) is 5.60. The van der Waals surface area contributed by atoms with Crippen molar-refractivity contribution < 1.29 is 41.1 Å². The van der Waals surface area contributed by atoms with Crippen molar-refractivity contribution in [2.75, 3.05) is 51.0 Å². The van der Waals surface area contributed by atoms with E-state index in [2.05, 4.69) is 15.0 Å². The average molecular weight is 741 g/mol. The van der Waals surface area contributed by atoms with Crippen LogP contribution in [0.5, 0.6) is 6.01 Å². The fourth-order valence-corrected chi connectivity index (χ4v) is 8.22. The van der Waals surface area contributed by atoms with Gasteiger partial charge >= 0.3 is 12.2 Å². The van der Waals surface area contributed by atoms with Gasteiger partial charge in [-0.2, -0.15) is 28.2 Å². The van der Waals surface area contributed by atoms with E-state index >= 15 is 4.39 Å². The van der Waals surface area contributed by atoms with E-state index in [9.17, 15) is 22.4 Å². The Morgan fingerprint density at radius 3 is 2.76 bits per heavy atom. The van der Waals surface area contributed by atoms with E-state index in [0.29, 0.717) is 55.2 Å². The first-order valence-electron chi connectivity index (χ1n) is 16.7. The van der Waals surface area contributed by atoms with Crippen LogP contribution in [0, 0.1) is 12.7 Å². The van der Waals surface area contributed by atoms with Gasteiger partial charge in [-0.3, -0.25) is 19.2 Å². The molecule has 3 atom stereocenters. The number of alkyl halides is 4. The number of hydroxylamine groups is 2. The van der Waals surface area contributed by atoms with Gasteiger partial charge in [0.25, 0.3) is 5.91 Å². The van der Waals surface area contributed by atoms with Crippen molar-refractivity contribution in [3.05, 3.63) is 56.2 Å². The fraction of sp³-hybridized carbons (Fsp3) is 0.576. The highest BCUT2D eigenvalue weighted by molar-refractivity contribution is 6.34. The van der Waals surface area contributed by atoms with E-state index in [0.717, 1.165) is 30.5 Å². The number of nitrogen functional groups attached to an aromatic ring is 1. The number of halogens is 6. The van der Waals surface area contributed by atoms with Gasteiger partial charge in [0, 0.05) is 50.7 Å². The summed E-state index contributed by atoms with van der Waals surface area (Å²) in [6, 6.07) is 0.915. The molecular weight excluding hydrogens is 703 g/mol. The number of carbonyl (C=O) groups excluding carboxylic acids is 1. The number of hydrogen-bond acceptors (Lipinski definition) is 10. The number of aryl methyl sites for hydroxylation is 2. The number of aromatic nitrogens is 4. The Labute approximate surface area is 295 Å². The molecule has 4 aliphatic heterocycles. The number of carbonyl (C=O) groups is 1. The summed E-state index contributed by atoms with van der Waals surface area (Å²) in [5.74, 6) is -1.35. The fourth-order valence-electron chi connectivity index (χ4n) is 7.95. The lowest BCUT2D eigenvalue weighted by Crippen LogP contribution is -2.43. The normalized spacial score (nSPS) is 23.5. The van der Waals surface area contributed by atoms with Crippen LogP contribution < -0.4 is 15.4 Å². The molecule has 276 valence electrons. The first-order chi connectivity index (χ1) is 24.2. The molecule has 51 heavy (non-hydrogen) atoms. The van der Waals surface area contributed by atoms with Crippen LogP contribution >= 0.6 is 11.6 Å². The minimum atomic E-state index is -4.88. The minimum absolute atomic E-state index is 0.0146. The molecule has 0 saturated carbocycles. The van der Waals surface area contributed by atoms with E-state index in [1.54, 1.807) is 4.68 Å². The summed E-state index contributed by atoms with van der Waals surface area (Å²) >= 11 is 6.73. The van der Waals surface area contributed by atoms with Gasteiger partial charge in [-0.05, 0) is 44.4 Å². The molecule has 2 fully saturated rings. The maximum atomic E-state index is 15.5. The molecule has 0 aliphatic carbocycles. The SMILES string of the molecule is CON(C)C(=O)c1nn2c(c1Cl)CN(c1nc(OC[C@@]34CCCN3CC(F)C4)nc3c1COC(c1c(F)c(N)cc(C)c1C(F)(F)F)C3)CCC2. The number of ether oxygens (including phenoxy) is 2. The second-order valence-corrected chi connectivity index (χ2v) is 14.0. The maximum absolute atomic E-state index is 15.5. The predicted octanol–water partition coefficient (Wildman–Crippen LogP) is 5.19. The smallest absolute Gasteiger partial charge is 0.417 e. The molecule has 0 bridgehead atoms. The van der Waals surface area contributed by atoms with Crippen LogP contribution in [0.15, 0.2) is 6.07 Å². The highest BCUT2D eigenvalue weighted by atomic mass is 35.5. The Hall–Kier alpha value is -3.80. The average Bonchev–Trinajstić information content (AvgIpc) is 3.65. The predicted molar refractivity (Wildman–Crippen MR) is 174 cm³/mol. The first-order valence-corrected chi connectivity index (χ1v) is 17.1. The highest BCUT2D eigenvalue weighted by Gasteiger charge is 2.49. The van der Waals surface area contributed by atoms with Gasteiger partial charge in [0.15, 0.2) is 11.5 Å². The molecule has 2 saturated heterocycles. The van der Waals surface area contributed by atoms with Gasteiger partial charge in [-0.15, -0.1) is 0 Å². The molecule has 12 nitrogen and oxygen atoms in total. The van der Waals surface area contributed by atoms with Crippen molar-refractivity contribution in [1.29, 1.82) is 0 Å². The van der Waals surface area contributed by atoms with Crippen molar-refractivity contribution in [3.63, 3.8) is 0 Å². The largest absolute Gasteiger partial charge is 0.461 e. The molecule has 4 aliphatic rings. The Morgan fingerprint density at radius 2 is 2.02 bits per heavy atom. The number of nitrogens with zero attached hydrogens (tertiary/aromatic N) is 7. The standard InChI is InChI=1S/C33H38ClF5N8O4/c1-17-10-20(40)27(36)24(25(17)33(37,38)39)23-11-21-19(15-50-23)29(42-31(41-21)51-16-32-6-4-8-46(32)13-18(35)12-32)45-7-5-9-47-22(14-45)26(34)28(43-47)30(48)44(2)49-3/h10,18,23H,4-9,11-16,40H2,1-3H3/t18?,23?,32-/m0/s1. The lowest BCUT2D eigenvalue weighted by molar-refractivity contribution is -0.140. The molecule has 2 N–H and O–H groups in total. The lowest BCUT2D eigenvalue weighted by atomic mass is 9.91. The molecule has 3 aromatic rings. The Balaban J connectivity index is 1.28. The number of fused-ring (bicyclic) bond motifs is 3. The second kappa shape index (κ2) is 13.3. The third kappa shape index (κ3) is 6.35. The van der Waals surface area contributed by atoms with Crippen molar-refractivity contribution in [1.82, 2.24) is 29.7 Å². The molecule has 7 rings (SSSR count). The summed E-state index contributed by atoms with van der Waals surface area (Å²) in [7, 11) is 2.79. The monoisotopic (exact) mass is 740 g/mol. The zero-order valence-electron chi connectivity index (χ0n) is 28.3. The van der Waals surface area contributed by atoms with Crippen molar-refractivity contribution in [3.8, 4) is 6.01 Å². The molecule has 18 heteroatoms. The van der Waals surface area contributed by atoms with Crippen molar-refractivity contribution >= 4 is 29.0 Å². The van der Waals surface area contributed by atoms with E-state index in [1.807, 2.05) is 4.90 Å². The topological polar surface area (TPSA) is 124 Å². The van der Waals surface area contributed by atoms with Crippen molar-refractivity contribution in [2.24, 2.45) is 0 Å². The highest BCUT2D eigenvalue weighted by Crippen LogP contribution is 2.45. The summed E-state index contributed by atoms with van der Waals surface area (Å²) in [6.45, 7) is 3.21. The summed E-state index contributed by atoms with van der Waals surface area (Å²) in [6.07, 6.45) is -4.96. The third-order valence-corrected chi connectivity index (χ3v) is 10.8. The quantitative estimate of drug-likeness (QED) is 0.197. The molecular formula is C33H38ClF5N8O4. The van der Waals surface area contributed by atoms with Gasteiger partial charge < -0.3 is 20.1 Å². The summed E-state index contributed by atoms with van der Waals surface area (Å²) in [5.41, 5.74) is 4.17. The molecule has 6 heterocycles. The Kier molecular flexibility index (Phi) is 9.29. The number of hydrogen-bond donors (Lipinski definition) is 1. The van der Waals surface area contributed by atoms with Gasteiger partial charge in [0.05, 0.1) is 59.6 Å². The van der Waals surface area contributed by atoms with Crippen LogP contribution in [-0.2, 0) is 41.9 Å². The van der Waals surface area contributed by atoms with Crippen LogP contribution in [-0.4, -0.2) is 87.7 Å². The van der Waals surface area contributed by atoms with E-state index < -0.39 is 52.5 Å². The van der Waals surface area contributed by atoms with Crippen LogP contribution in [0.4, 0.5) is 33.5 Å². The first kappa shape index (κ1) is 35.6. The van der Waals surface area contributed by atoms with Crippen LogP contribution in [0.25, 0.3) is 0 Å². The zero-order chi connectivity index (χ0) is 36.4. The van der Waals surface area contributed by atoms with Gasteiger partial charge in [0.1, 0.15) is 18.6 Å². The summed E-state index contributed by atoms with van der Waals surface area (Å²) < 4.78 is 87.0. The number of nitrogens with two attached hydrogens (primary N) is 1. The zero-order valence-corrected chi connectivity index (χ0v) is 29.1. The van der Waals surface area contributed by atoms with E-state index in [4.69, 9.17) is 36.6 Å². The third-order valence-electron chi connectivity index (χ3n) is 10.4. The number of benzene rings is 1. The van der Waals surface area contributed by atoms with Crippen molar-refractivity contribution in [2.45, 2.75) is 82.7 Å². The van der Waals surface area contributed by atoms with Crippen LogP contribution in [0.2, 0.25) is 5.02 Å². The van der Waals surface area contributed by atoms with Crippen LogP contribution in [0.3, 0.4) is 0 Å². The van der Waals surface area contributed by atoms with Gasteiger partial charge in [0.2, 0.25) is 0 Å². The molecule has 0 radical (unpaired) electrons. The molecule has 2 aromatic heterocycles. The number of anilines is 2. The number of rotatable bonds is 7. The Bertz CT molecular complexity index is 1860. The second-order valence-electron chi connectivity index (χ2n) is 13.6. The summed E-state index contributed by atoms with van der Waals surface area (Å²) in [4.78, 5) is 31.4. The maximum Gasteiger partial charge on any atom is 0.417 e. The van der Waals surface area contributed by atoms with Gasteiger partial charge in [-0.25, -0.2) is 13.8 Å². The molecule has 2 unspecified atom stereocenters. The van der Waals surface area contributed by atoms with E-state index in [1.165, 1.54) is 21.1 Å². The molecule has 0 spiro atoms. The lowest BCUT2D eigenvalue weighted by Gasteiger charge is -2.33. The molecule has 1 amide bonds. The van der Waals surface area contributed by atoms with Crippen LogP contribution in [0.1, 0.15) is 75.9 Å². The van der Waals surface area contributed by atoms with Gasteiger partial charge in [-0.1, -0.05) is 11.6 Å². The Morgan fingerprint density at radius 1 is 1.24 bits per heavy atom. The minimum Gasteiger partial charge on any atom is -0.461 e. The van der Waals surface area contributed by atoms with E-state index in [-0.39, 0.29) is 48.5 Å². The molecule has 1 aromatic carbocycles.